The van der Waals surface area contributed by atoms with Gasteiger partial charge in [-0.05, 0) is 91.0 Å². The van der Waals surface area contributed by atoms with Crippen molar-refractivity contribution >= 4 is 17.9 Å². The molecule has 2 aromatic heterocycles. The molecule has 8 heteroatoms. The van der Waals surface area contributed by atoms with Crippen LogP contribution in [0, 0.1) is 0 Å². The van der Waals surface area contributed by atoms with E-state index in [0.717, 1.165) is 36.2 Å². The predicted molar refractivity (Wildman–Crippen MR) is 133 cm³/mol. The van der Waals surface area contributed by atoms with Gasteiger partial charge in [0, 0.05) is 24.6 Å². The fourth-order valence-corrected chi connectivity index (χ4v) is 3.11. The van der Waals surface area contributed by atoms with Gasteiger partial charge in [-0.3, -0.25) is 14.7 Å². The molecule has 0 aliphatic heterocycles. The lowest BCUT2D eigenvalue weighted by molar-refractivity contribution is -0.156. The van der Waals surface area contributed by atoms with Crippen molar-refractivity contribution in [2.45, 2.75) is 84.5 Å². The van der Waals surface area contributed by atoms with Gasteiger partial charge in [0.2, 0.25) is 0 Å². The van der Waals surface area contributed by atoms with Gasteiger partial charge < -0.3 is 15.2 Å². The van der Waals surface area contributed by atoms with Crippen molar-refractivity contribution < 1.29 is 19.1 Å². The van der Waals surface area contributed by atoms with Crippen LogP contribution in [0.25, 0.3) is 0 Å². The molecule has 0 radical (unpaired) electrons. The monoisotopic (exact) mass is 470 g/mol. The summed E-state index contributed by atoms with van der Waals surface area (Å²) < 4.78 is 10.7. The van der Waals surface area contributed by atoms with E-state index in [1.807, 2.05) is 65.8 Å². The summed E-state index contributed by atoms with van der Waals surface area (Å²) in [7, 11) is 1.65. The molecule has 0 aliphatic carbocycles. The highest BCUT2D eigenvalue weighted by molar-refractivity contribution is 5.85. The van der Waals surface area contributed by atoms with E-state index in [4.69, 9.17) is 15.2 Å². The van der Waals surface area contributed by atoms with Gasteiger partial charge in [-0.2, -0.15) is 0 Å². The molecule has 2 heterocycles. The van der Waals surface area contributed by atoms with Crippen LogP contribution in [0.2, 0.25) is 0 Å². The molecule has 0 saturated heterocycles. The van der Waals surface area contributed by atoms with E-state index >= 15 is 0 Å². The van der Waals surface area contributed by atoms with Crippen LogP contribution in [0.3, 0.4) is 0 Å². The number of hydrogen-bond donors (Lipinski definition) is 1. The molecular weight excluding hydrogens is 432 g/mol. The van der Waals surface area contributed by atoms with Crippen LogP contribution in [0.4, 0.5) is 10.6 Å². The second kappa shape index (κ2) is 11.4. The van der Waals surface area contributed by atoms with Crippen molar-refractivity contribution in [2.24, 2.45) is 5.73 Å². The van der Waals surface area contributed by atoms with Crippen LogP contribution in [0.5, 0.6) is 0 Å². The second-order valence-corrected chi connectivity index (χ2v) is 10.4. The van der Waals surface area contributed by atoms with Crippen LogP contribution in [-0.4, -0.2) is 46.3 Å². The maximum absolute atomic E-state index is 12.3. The third-order valence-electron chi connectivity index (χ3n) is 4.72. The number of hydrogen-bond acceptors (Lipinski definition) is 7. The summed E-state index contributed by atoms with van der Waals surface area (Å²) in [5.74, 6) is 0.138. The molecule has 34 heavy (non-hydrogen) atoms. The lowest BCUT2D eigenvalue weighted by Gasteiger charge is -2.24. The SMILES string of the molecule is CN(C(=O)OC(C)(C)C)c1cccc(CCCc2ccc(CC(N)C(=O)OC(C)(C)C)cn2)n1. The summed E-state index contributed by atoms with van der Waals surface area (Å²) >= 11 is 0. The summed E-state index contributed by atoms with van der Waals surface area (Å²) in [5, 5.41) is 0. The Kier molecular flexibility index (Phi) is 9.15. The molecule has 2 aromatic rings. The van der Waals surface area contributed by atoms with Crippen molar-refractivity contribution in [1.82, 2.24) is 9.97 Å². The maximum Gasteiger partial charge on any atom is 0.415 e. The minimum absolute atomic E-state index is 0.379. The molecule has 0 aromatic carbocycles. The maximum atomic E-state index is 12.3. The summed E-state index contributed by atoms with van der Waals surface area (Å²) in [6, 6.07) is 8.80. The van der Waals surface area contributed by atoms with Crippen molar-refractivity contribution in [3.8, 4) is 0 Å². The summed E-state index contributed by atoms with van der Waals surface area (Å²) in [4.78, 5) is 34.9. The molecule has 0 spiro atoms. The second-order valence-electron chi connectivity index (χ2n) is 10.4. The fraction of sp³-hybridized carbons (Fsp3) is 0.538. The Morgan fingerprint density at radius 2 is 1.62 bits per heavy atom. The molecule has 2 N–H and O–H groups in total. The summed E-state index contributed by atoms with van der Waals surface area (Å²) in [6.45, 7) is 11.0. The molecule has 186 valence electrons. The number of pyridine rings is 2. The smallest absolute Gasteiger partial charge is 0.415 e. The zero-order valence-corrected chi connectivity index (χ0v) is 21.4. The standard InChI is InChI=1S/C26H38N4O4/c1-25(2,3)33-23(31)21(27)16-18-14-15-19(28-17-18)10-8-11-20-12-9-13-22(29-20)30(7)24(32)34-26(4,5)6/h9,12-15,17,21H,8,10-11,16,27H2,1-7H3. The van der Waals surface area contributed by atoms with Gasteiger partial charge in [0.25, 0.3) is 0 Å². The van der Waals surface area contributed by atoms with Crippen molar-refractivity contribution in [1.29, 1.82) is 0 Å². The highest BCUT2D eigenvalue weighted by Crippen LogP contribution is 2.16. The van der Waals surface area contributed by atoms with E-state index in [0.29, 0.717) is 12.2 Å². The lowest BCUT2D eigenvalue weighted by Crippen LogP contribution is -2.38. The van der Waals surface area contributed by atoms with E-state index < -0.39 is 29.3 Å². The first-order valence-corrected chi connectivity index (χ1v) is 11.6. The number of rotatable bonds is 8. The molecule has 1 atom stereocenters. The molecule has 1 unspecified atom stereocenters. The highest BCUT2D eigenvalue weighted by Gasteiger charge is 2.23. The number of esters is 1. The predicted octanol–water partition coefficient (Wildman–Crippen LogP) is 4.23. The third kappa shape index (κ3) is 9.47. The minimum Gasteiger partial charge on any atom is -0.459 e. The number of amides is 1. The molecule has 0 saturated carbocycles. The Balaban J connectivity index is 1.86. The first kappa shape index (κ1) is 27.2. The lowest BCUT2D eigenvalue weighted by atomic mass is 10.1. The zero-order valence-electron chi connectivity index (χ0n) is 21.4. The van der Waals surface area contributed by atoms with E-state index in [1.54, 1.807) is 19.3 Å². The van der Waals surface area contributed by atoms with Gasteiger partial charge >= 0.3 is 12.1 Å². The van der Waals surface area contributed by atoms with Crippen LogP contribution in [-0.2, 0) is 33.5 Å². The van der Waals surface area contributed by atoms with Gasteiger partial charge in [0.05, 0.1) is 0 Å². The number of anilines is 1. The summed E-state index contributed by atoms with van der Waals surface area (Å²) in [5.41, 5.74) is 7.60. The van der Waals surface area contributed by atoms with Gasteiger partial charge in [0.15, 0.2) is 0 Å². The molecule has 0 bridgehead atoms. The Bertz CT molecular complexity index is 962. The first-order valence-electron chi connectivity index (χ1n) is 11.6. The Morgan fingerprint density at radius 1 is 0.971 bits per heavy atom. The molecule has 2 rings (SSSR count). The van der Waals surface area contributed by atoms with E-state index in [9.17, 15) is 9.59 Å². The molecule has 0 fully saturated rings. The molecule has 8 nitrogen and oxygen atoms in total. The number of nitrogens with two attached hydrogens (primary N) is 1. The van der Waals surface area contributed by atoms with Crippen molar-refractivity contribution in [3.05, 3.63) is 53.5 Å². The van der Waals surface area contributed by atoms with E-state index in [-0.39, 0.29) is 0 Å². The largest absolute Gasteiger partial charge is 0.459 e. The number of carbonyl (C=O) groups excluding carboxylic acids is 2. The Hall–Kier alpha value is -3.00. The van der Waals surface area contributed by atoms with Crippen LogP contribution in [0.1, 0.15) is 64.9 Å². The summed E-state index contributed by atoms with van der Waals surface area (Å²) in [6.07, 6.45) is 4.09. The normalized spacial score (nSPS) is 12.7. The first-order chi connectivity index (χ1) is 15.7. The average molecular weight is 471 g/mol. The number of carbonyl (C=O) groups is 2. The third-order valence-corrected chi connectivity index (χ3v) is 4.72. The highest BCUT2D eigenvalue weighted by atomic mass is 16.6. The van der Waals surface area contributed by atoms with Gasteiger partial charge in [-0.1, -0.05) is 12.1 Å². The molecular formula is C26H38N4O4. The van der Waals surface area contributed by atoms with Gasteiger partial charge in [-0.15, -0.1) is 0 Å². The minimum atomic E-state index is -0.718. The quantitative estimate of drug-likeness (QED) is 0.575. The Morgan fingerprint density at radius 3 is 2.21 bits per heavy atom. The van der Waals surface area contributed by atoms with Gasteiger partial charge in [0.1, 0.15) is 23.1 Å². The van der Waals surface area contributed by atoms with E-state index in [2.05, 4.69) is 9.97 Å². The molecule has 1 amide bonds. The van der Waals surface area contributed by atoms with Gasteiger partial charge in [-0.25, -0.2) is 9.78 Å². The number of nitrogens with zero attached hydrogens (tertiary/aromatic N) is 3. The Labute approximate surface area is 202 Å². The topological polar surface area (TPSA) is 108 Å². The van der Waals surface area contributed by atoms with Crippen LogP contribution >= 0.6 is 0 Å². The van der Waals surface area contributed by atoms with Crippen LogP contribution < -0.4 is 10.6 Å². The van der Waals surface area contributed by atoms with Crippen LogP contribution in [0.15, 0.2) is 36.5 Å². The molecule has 0 aliphatic rings. The van der Waals surface area contributed by atoms with E-state index in [1.165, 1.54) is 4.90 Å². The number of ether oxygens (including phenoxy) is 2. The average Bonchev–Trinajstić information content (AvgIpc) is 2.72. The fourth-order valence-electron chi connectivity index (χ4n) is 3.11. The van der Waals surface area contributed by atoms with Crippen molar-refractivity contribution in [2.75, 3.05) is 11.9 Å². The van der Waals surface area contributed by atoms with Crippen molar-refractivity contribution in [3.63, 3.8) is 0 Å². The number of aryl methyl sites for hydroxylation is 2. The number of aromatic nitrogens is 2. The zero-order chi connectivity index (χ0) is 25.5.